The molecule has 1 atom stereocenters. The average molecular weight is 496 g/mol. The standard InChI is InChI=1S/C22H26ClN3O6S/c1-14-6-5-7-15(2)21(14)24-19(27)12-26(4)20(28)13-32-22(29)16(3)25-33(30,31)18-10-8-17(23)9-11-18/h5-11,16,25H,12-13H2,1-4H3,(H,24,27)/t16-/m0/s1. The topological polar surface area (TPSA) is 122 Å². The molecule has 0 bridgehead atoms. The summed E-state index contributed by atoms with van der Waals surface area (Å²) in [7, 11) is -2.59. The number of aryl methyl sites for hydroxylation is 2. The van der Waals surface area contributed by atoms with Crippen molar-refractivity contribution in [1.82, 2.24) is 9.62 Å². The number of hydrogen-bond acceptors (Lipinski definition) is 6. The van der Waals surface area contributed by atoms with Crippen molar-refractivity contribution in [3.05, 3.63) is 58.6 Å². The molecule has 2 rings (SSSR count). The summed E-state index contributed by atoms with van der Waals surface area (Å²) in [5.74, 6) is -1.96. The highest BCUT2D eigenvalue weighted by Crippen LogP contribution is 2.19. The van der Waals surface area contributed by atoms with Crippen molar-refractivity contribution in [3.63, 3.8) is 0 Å². The van der Waals surface area contributed by atoms with Crippen LogP contribution in [0.2, 0.25) is 5.02 Å². The quantitative estimate of drug-likeness (QED) is 0.514. The minimum Gasteiger partial charge on any atom is -0.454 e. The van der Waals surface area contributed by atoms with Crippen LogP contribution in [0.1, 0.15) is 18.1 Å². The smallest absolute Gasteiger partial charge is 0.324 e. The molecule has 0 unspecified atom stereocenters. The number of benzene rings is 2. The second kappa shape index (κ2) is 11.3. The van der Waals surface area contributed by atoms with Crippen LogP contribution in [0.4, 0.5) is 5.69 Å². The molecule has 0 heterocycles. The van der Waals surface area contributed by atoms with Gasteiger partial charge in [-0.15, -0.1) is 0 Å². The van der Waals surface area contributed by atoms with Gasteiger partial charge in [0.2, 0.25) is 15.9 Å². The molecule has 0 fully saturated rings. The van der Waals surface area contributed by atoms with Crippen molar-refractivity contribution < 1.29 is 27.5 Å². The molecule has 9 nitrogen and oxygen atoms in total. The first kappa shape index (κ1) is 26.3. The predicted octanol–water partition coefficient (Wildman–Crippen LogP) is 2.26. The molecule has 0 aliphatic carbocycles. The zero-order valence-corrected chi connectivity index (χ0v) is 20.3. The Morgan fingerprint density at radius 3 is 2.21 bits per heavy atom. The van der Waals surface area contributed by atoms with Gasteiger partial charge in [0, 0.05) is 17.8 Å². The van der Waals surface area contributed by atoms with Crippen LogP contribution >= 0.6 is 11.6 Å². The number of carbonyl (C=O) groups is 3. The maximum Gasteiger partial charge on any atom is 0.324 e. The number of rotatable bonds is 9. The van der Waals surface area contributed by atoms with E-state index in [0.717, 1.165) is 16.0 Å². The second-order valence-corrected chi connectivity index (χ2v) is 9.62. The number of sulfonamides is 1. The molecule has 2 N–H and O–H groups in total. The normalized spacial score (nSPS) is 12.0. The third kappa shape index (κ3) is 7.55. The minimum absolute atomic E-state index is 0.0720. The van der Waals surface area contributed by atoms with Crippen LogP contribution in [0.3, 0.4) is 0 Å². The molecule has 0 aliphatic rings. The van der Waals surface area contributed by atoms with E-state index in [-0.39, 0.29) is 11.4 Å². The number of anilines is 1. The van der Waals surface area contributed by atoms with Gasteiger partial charge in [-0.05, 0) is 56.2 Å². The Balaban J connectivity index is 1.85. The van der Waals surface area contributed by atoms with Gasteiger partial charge in [-0.1, -0.05) is 29.8 Å². The molecule has 0 saturated heterocycles. The predicted molar refractivity (Wildman–Crippen MR) is 124 cm³/mol. The second-order valence-electron chi connectivity index (χ2n) is 7.47. The molecule has 2 aromatic carbocycles. The third-order valence-corrected chi connectivity index (χ3v) is 6.51. The maximum absolute atomic E-state index is 12.3. The van der Waals surface area contributed by atoms with E-state index >= 15 is 0 Å². The van der Waals surface area contributed by atoms with Crippen LogP contribution in [0.15, 0.2) is 47.4 Å². The number of carbonyl (C=O) groups excluding carboxylic acids is 3. The fourth-order valence-electron chi connectivity index (χ4n) is 2.82. The Labute approximate surface area is 198 Å². The number of amides is 2. The van der Waals surface area contributed by atoms with Crippen molar-refractivity contribution in [2.24, 2.45) is 0 Å². The number of ether oxygens (including phenoxy) is 1. The monoisotopic (exact) mass is 495 g/mol. The number of nitrogens with zero attached hydrogens (tertiary/aromatic N) is 1. The SMILES string of the molecule is Cc1cccc(C)c1NC(=O)CN(C)C(=O)COC(=O)[C@H](C)NS(=O)(=O)c1ccc(Cl)cc1. The zero-order valence-electron chi connectivity index (χ0n) is 18.7. The lowest BCUT2D eigenvalue weighted by Crippen LogP contribution is -2.42. The highest BCUT2D eigenvalue weighted by Gasteiger charge is 2.24. The summed E-state index contributed by atoms with van der Waals surface area (Å²) < 4.78 is 31.8. The molecule has 11 heteroatoms. The molecule has 33 heavy (non-hydrogen) atoms. The van der Waals surface area contributed by atoms with Crippen LogP contribution < -0.4 is 10.0 Å². The molecule has 0 aromatic heterocycles. The molecular formula is C22H26ClN3O6S. The van der Waals surface area contributed by atoms with Crippen molar-refractivity contribution >= 4 is 45.1 Å². The lowest BCUT2D eigenvalue weighted by Gasteiger charge is -2.19. The van der Waals surface area contributed by atoms with Gasteiger partial charge in [-0.3, -0.25) is 14.4 Å². The molecule has 0 radical (unpaired) electrons. The number of hydrogen-bond donors (Lipinski definition) is 2. The van der Waals surface area contributed by atoms with Gasteiger partial charge in [0.05, 0.1) is 11.4 Å². The molecule has 2 aromatic rings. The van der Waals surface area contributed by atoms with Crippen LogP contribution in [0.5, 0.6) is 0 Å². The van der Waals surface area contributed by atoms with E-state index in [2.05, 4.69) is 10.0 Å². The van der Waals surface area contributed by atoms with E-state index < -0.39 is 40.5 Å². The number of para-hydroxylation sites is 1. The first-order valence-corrected chi connectivity index (χ1v) is 11.8. The Kier molecular flexibility index (Phi) is 8.98. The van der Waals surface area contributed by atoms with Crippen molar-refractivity contribution in [2.75, 3.05) is 25.5 Å². The Morgan fingerprint density at radius 1 is 1.06 bits per heavy atom. The van der Waals surface area contributed by atoms with E-state index in [9.17, 15) is 22.8 Å². The van der Waals surface area contributed by atoms with Gasteiger partial charge in [-0.2, -0.15) is 4.72 Å². The number of esters is 1. The fourth-order valence-corrected chi connectivity index (χ4v) is 4.14. The van der Waals surface area contributed by atoms with Crippen LogP contribution in [0.25, 0.3) is 0 Å². The molecular weight excluding hydrogens is 470 g/mol. The highest BCUT2D eigenvalue weighted by atomic mass is 35.5. The Hall–Kier alpha value is -2.95. The Morgan fingerprint density at radius 2 is 1.64 bits per heavy atom. The summed E-state index contributed by atoms with van der Waals surface area (Å²) in [6.45, 7) is 4.13. The zero-order chi connectivity index (χ0) is 24.8. The van der Waals surface area contributed by atoms with Gasteiger partial charge < -0.3 is 15.0 Å². The number of likely N-dealkylation sites (N-methyl/N-ethyl adjacent to an activating group) is 1. The molecule has 0 aliphatic heterocycles. The van der Waals surface area contributed by atoms with Gasteiger partial charge >= 0.3 is 5.97 Å². The first-order valence-electron chi connectivity index (χ1n) is 9.95. The molecule has 178 valence electrons. The van der Waals surface area contributed by atoms with Gasteiger partial charge in [-0.25, -0.2) is 8.42 Å². The molecule has 0 saturated carbocycles. The summed E-state index contributed by atoms with van der Waals surface area (Å²) in [4.78, 5) is 37.7. The first-order chi connectivity index (χ1) is 15.4. The van der Waals surface area contributed by atoms with Gasteiger partial charge in [0.1, 0.15) is 6.04 Å². The van der Waals surface area contributed by atoms with E-state index in [1.807, 2.05) is 32.0 Å². The van der Waals surface area contributed by atoms with Crippen molar-refractivity contribution in [3.8, 4) is 0 Å². The Bertz CT molecular complexity index is 1120. The number of halogens is 1. The fraction of sp³-hybridized carbons (Fsp3) is 0.318. The summed E-state index contributed by atoms with van der Waals surface area (Å²) >= 11 is 5.75. The third-order valence-electron chi connectivity index (χ3n) is 4.70. The summed E-state index contributed by atoms with van der Waals surface area (Å²) in [5.41, 5.74) is 2.46. The minimum atomic E-state index is -3.99. The average Bonchev–Trinajstić information content (AvgIpc) is 2.74. The summed E-state index contributed by atoms with van der Waals surface area (Å²) in [6, 6.07) is 9.76. The van der Waals surface area contributed by atoms with Crippen molar-refractivity contribution in [2.45, 2.75) is 31.7 Å². The number of nitrogens with one attached hydrogen (secondary N) is 2. The largest absolute Gasteiger partial charge is 0.454 e. The summed E-state index contributed by atoms with van der Waals surface area (Å²) in [5, 5.41) is 3.13. The molecule has 0 spiro atoms. The lowest BCUT2D eigenvalue weighted by molar-refractivity contribution is -0.152. The van der Waals surface area contributed by atoms with E-state index in [1.165, 1.54) is 38.2 Å². The molecule has 2 amide bonds. The van der Waals surface area contributed by atoms with E-state index in [4.69, 9.17) is 16.3 Å². The lowest BCUT2D eigenvalue weighted by atomic mass is 10.1. The van der Waals surface area contributed by atoms with Crippen LogP contribution in [-0.2, 0) is 29.1 Å². The van der Waals surface area contributed by atoms with E-state index in [1.54, 1.807) is 0 Å². The van der Waals surface area contributed by atoms with E-state index in [0.29, 0.717) is 10.7 Å². The van der Waals surface area contributed by atoms with Gasteiger partial charge in [0.25, 0.3) is 5.91 Å². The maximum atomic E-state index is 12.3. The van der Waals surface area contributed by atoms with Crippen LogP contribution in [-0.4, -0.2) is 57.3 Å². The van der Waals surface area contributed by atoms with Gasteiger partial charge in [0.15, 0.2) is 6.61 Å². The van der Waals surface area contributed by atoms with Crippen LogP contribution in [0, 0.1) is 13.8 Å². The highest BCUT2D eigenvalue weighted by molar-refractivity contribution is 7.89. The summed E-state index contributed by atoms with van der Waals surface area (Å²) in [6.07, 6.45) is 0. The van der Waals surface area contributed by atoms with Crippen molar-refractivity contribution in [1.29, 1.82) is 0 Å².